The predicted molar refractivity (Wildman–Crippen MR) is 108 cm³/mol. The highest BCUT2D eigenvalue weighted by Gasteiger charge is 2.37. The second kappa shape index (κ2) is 8.21. The summed E-state index contributed by atoms with van der Waals surface area (Å²) in [6, 6.07) is 7.79. The Hall–Kier alpha value is -0.560. The summed E-state index contributed by atoms with van der Waals surface area (Å²) < 4.78 is 6.40. The third-order valence-corrected chi connectivity index (χ3v) is 6.45. The van der Waals surface area contributed by atoms with Crippen LogP contribution in [0.25, 0.3) is 0 Å². The van der Waals surface area contributed by atoms with E-state index < -0.39 is 11.4 Å². The Morgan fingerprint density at radius 3 is 2.46 bits per heavy atom. The van der Waals surface area contributed by atoms with Crippen LogP contribution in [0, 0.1) is 0 Å². The molecule has 1 amide bonds. The van der Waals surface area contributed by atoms with Gasteiger partial charge in [-0.1, -0.05) is 74.5 Å². The quantitative estimate of drug-likeness (QED) is 0.536. The number of rotatable bonds is 3. The van der Waals surface area contributed by atoms with Crippen LogP contribution in [-0.2, 0) is 10.3 Å². The first-order chi connectivity index (χ1) is 12.3. The molecule has 1 aliphatic rings. The summed E-state index contributed by atoms with van der Waals surface area (Å²) in [7, 11) is 0. The van der Waals surface area contributed by atoms with Crippen LogP contribution in [0.4, 0.5) is 0 Å². The van der Waals surface area contributed by atoms with E-state index in [4.69, 9.17) is 51.1 Å². The van der Waals surface area contributed by atoms with Gasteiger partial charge in [0.05, 0.1) is 20.6 Å². The molecule has 1 aliphatic heterocycles. The number of pyridine rings is 1. The zero-order chi connectivity index (χ0) is 18.9. The van der Waals surface area contributed by atoms with Gasteiger partial charge >= 0.3 is 0 Å². The smallest absolute Gasteiger partial charge is 0.272 e. The van der Waals surface area contributed by atoms with Gasteiger partial charge in [-0.15, -0.1) is 0 Å². The Morgan fingerprint density at radius 2 is 1.81 bits per heavy atom. The van der Waals surface area contributed by atoms with Crippen molar-refractivity contribution >= 4 is 68.2 Å². The Bertz CT molecular complexity index is 857. The number of amides is 1. The fourth-order valence-electron chi connectivity index (χ4n) is 2.91. The maximum absolute atomic E-state index is 12.9. The molecule has 1 saturated heterocycles. The van der Waals surface area contributed by atoms with Gasteiger partial charge in [-0.3, -0.25) is 4.79 Å². The average molecular weight is 499 g/mol. The molecule has 0 bridgehead atoms. The summed E-state index contributed by atoms with van der Waals surface area (Å²) >= 11 is 27.6. The van der Waals surface area contributed by atoms with Crippen molar-refractivity contribution in [1.82, 2.24) is 10.3 Å². The lowest BCUT2D eigenvalue weighted by atomic mass is 9.82. The van der Waals surface area contributed by atoms with Crippen LogP contribution in [0.5, 0.6) is 0 Å². The monoisotopic (exact) mass is 496 g/mol. The first kappa shape index (κ1) is 20.2. The van der Waals surface area contributed by atoms with Gasteiger partial charge in [-0.2, -0.15) is 0 Å². The van der Waals surface area contributed by atoms with Crippen LogP contribution >= 0.6 is 62.3 Å². The van der Waals surface area contributed by atoms with E-state index in [1.54, 1.807) is 0 Å². The molecular formula is C17H13BrCl4N2O2. The van der Waals surface area contributed by atoms with Gasteiger partial charge in [0, 0.05) is 17.7 Å². The third-order valence-electron chi connectivity index (χ3n) is 4.28. The Labute approximate surface area is 179 Å². The van der Waals surface area contributed by atoms with Crippen LogP contribution in [0.2, 0.25) is 20.2 Å². The molecule has 9 heteroatoms. The highest BCUT2D eigenvalue weighted by molar-refractivity contribution is 9.10. The van der Waals surface area contributed by atoms with Crippen LogP contribution in [0.3, 0.4) is 0 Å². The summed E-state index contributed by atoms with van der Waals surface area (Å²) in [5.41, 5.74) is 0.292. The zero-order valence-corrected chi connectivity index (χ0v) is 17.9. The summed E-state index contributed by atoms with van der Waals surface area (Å²) in [5.74, 6) is -0.475. The lowest BCUT2D eigenvalue weighted by Crippen LogP contribution is -2.49. The van der Waals surface area contributed by atoms with E-state index in [2.05, 4.69) is 26.2 Å². The number of aromatic nitrogens is 1. The first-order valence-electron chi connectivity index (χ1n) is 7.70. The standard InChI is InChI=1S/C17H13BrCl4N2O2/c18-10-3-1-2-9(8-10)17(4-6-26-7-5-17)24-16(25)14-12(20)11(19)13(21)15(22)23-14/h1-3,8H,4-7H2,(H,24,25). The minimum atomic E-state index is -0.608. The van der Waals surface area contributed by atoms with Crippen molar-refractivity contribution in [2.45, 2.75) is 18.4 Å². The molecule has 1 aromatic heterocycles. The maximum atomic E-state index is 12.9. The molecule has 1 N–H and O–H groups in total. The van der Waals surface area contributed by atoms with E-state index in [9.17, 15) is 4.79 Å². The molecule has 1 aromatic carbocycles. The van der Waals surface area contributed by atoms with E-state index in [0.29, 0.717) is 26.1 Å². The second-order valence-electron chi connectivity index (χ2n) is 5.85. The van der Waals surface area contributed by atoms with Crippen LogP contribution in [0.1, 0.15) is 28.9 Å². The fraction of sp³-hybridized carbons (Fsp3) is 0.294. The summed E-state index contributed by atoms with van der Waals surface area (Å²) in [5, 5.41) is 2.97. The number of hydrogen-bond acceptors (Lipinski definition) is 3. The topological polar surface area (TPSA) is 51.2 Å². The molecule has 0 unspecified atom stereocenters. The molecule has 2 aromatic rings. The molecule has 0 spiro atoms. The highest BCUT2D eigenvalue weighted by Crippen LogP contribution is 2.38. The molecule has 1 fully saturated rings. The molecule has 26 heavy (non-hydrogen) atoms. The lowest BCUT2D eigenvalue weighted by molar-refractivity contribution is 0.0344. The molecule has 0 atom stereocenters. The number of nitrogens with one attached hydrogen (secondary N) is 1. The number of halogens is 5. The van der Waals surface area contributed by atoms with Crippen molar-refractivity contribution in [3.05, 3.63) is 60.2 Å². The molecule has 3 rings (SSSR count). The number of hydrogen-bond donors (Lipinski definition) is 1. The normalized spacial score (nSPS) is 16.3. The summed E-state index contributed by atoms with van der Waals surface area (Å²) in [4.78, 5) is 16.9. The average Bonchev–Trinajstić information content (AvgIpc) is 2.63. The van der Waals surface area contributed by atoms with E-state index in [1.807, 2.05) is 24.3 Å². The van der Waals surface area contributed by atoms with Crippen molar-refractivity contribution in [3.63, 3.8) is 0 Å². The number of carbonyl (C=O) groups excluding carboxylic acids is 1. The number of nitrogens with zero attached hydrogens (tertiary/aromatic N) is 1. The minimum Gasteiger partial charge on any atom is -0.381 e. The Balaban J connectivity index is 1.99. The van der Waals surface area contributed by atoms with E-state index in [-0.39, 0.29) is 25.9 Å². The van der Waals surface area contributed by atoms with Gasteiger partial charge in [0.2, 0.25) is 0 Å². The molecule has 2 heterocycles. The van der Waals surface area contributed by atoms with Crippen molar-refractivity contribution in [2.75, 3.05) is 13.2 Å². The number of carbonyl (C=O) groups is 1. The molecule has 138 valence electrons. The summed E-state index contributed by atoms with van der Waals surface area (Å²) in [6.07, 6.45) is 1.23. The number of ether oxygens (including phenoxy) is 1. The van der Waals surface area contributed by atoms with E-state index in [1.165, 1.54) is 0 Å². The molecule has 0 aliphatic carbocycles. The second-order valence-corrected chi connectivity index (χ2v) is 8.26. The Kier molecular flexibility index (Phi) is 6.37. The van der Waals surface area contributed by atoms with Gasteiger partial charge in [-0.25, -0.2) is 4.98 Å². The molecule has 0 saturated carbocycles. The van der Waals surface area contributed by atoms with Gasteiger partial charge in [-0.05, 0) is 30.5 Å². The van der Waals surface area contributed by atoms with E-state index in [0.717, 1.165) is 10.0 Å². The van der Waals surface area contributed by atoms with Crippen molar-refractivity contribution < 1.29 is 9.53 Å². The molecule has 0 radical (unpaired) electrons. The predicted octanol–water partition coefficient (Wildman–Crippen LogP) is 5.89. The SMILES string of the molecule is O=C(NC1(c2cccc(Br)c2)CCOCC1)c1nc(Cl)c(Cl)c(Cl)c1Cl. The van der Waals surface area contributed by atoms with Crippen molar-refractivity contribution in [2.24, 2.45) is 0 Å². The van der Waals surface area contributed by atoms with Gasteiger partial charge < -0.3 is 10.1 Å². The van der Waals surface area contributed by atoms with Crippen LogP contribution in [0.15, 0.2) is 28.7 Å². The van der Waals surface area contributed by atoms with Crippen molar-refractivity contribution in [1.29, 1.82) is 0 Å². The minimum absolute atomic E-state index is 0.00182. The summed E-state index contributed by atoms with van der Waals surface area (Å²) in [6.45, 7) is 1.05. The van der Waals surface area contributed by atoms with Gasteiger partial charge in [0.25, 0.3) is 5.91 Å². The first-order valence-corrected chi connectivity index (χ1v) is 10.0. The zero-order valence-electron chi connectivity index (χ0n) is 13.3. The maximum Gasteiger partial charge on any atom is 0.272 e. The van der Waals surface area contributed by atoms with Crippen LogP contribution in [-0.4, -0.2) is 24.1 Å². The van der Waals surface area contributed by atoms with Gasteiger partial charge in [0.1, 0.15) is 10.8 Å². The fourth-order valence-corrected chi connectivity index (χ4v) is 4.12. The Morgan fingerprint density at radius 1 is 1.12 bits per heavy atom. The highest BCUT2D eigenvalue weighted by atomic mass is 79.9. The lowest BCUT2D eigenvalue weighted by Gasteiger charge is -2.38. The van der Waals surface area contributed by atoms with Crippen molar-refractivity contribution in [3.8, 4) is 0 Å². The molecular weight excluding hydrogens is 486 g/mol. The van der Waals surface area contributed by atoms with Crippen LogP contribution < -0.4 is 5.32 Å². The largest absolute Gasteiger partial charge is 0.381 e. The third kappa shape index (κ3) is 3.98. The van der Waals surface area contributed by atoms with Gasteiger partial charge in [0.15, 0.2) is 0 Å². The van der Waals surface area contributed by atoms with E-state index >= 15 is 0 Å². The molecule has 4 nitrogen and oxygen atoms in total. The number of benzene rings is 1.